The molecule has 0 aliphatic carbocycles. The third kappa shape index (κ3) is 4.74. The summed E-state index contributed by atoms with van der Waals surface area (Å²) in [4.78, 5) is 23.3. The Labute approximate surface area is 147 Å². The quantitative estimate of drug-likeness (QED) is 0.774. The van der Waals surface area contributed by atoms with Crippen LogP contribution in [0.1, 0.15) is 28.4 Å². The molecule has 0 saturated heterocycles. The maximum absolute atomic E-state index is 12.2. The zero-order valence-electron chi connectivity index (χ0n) is 14.3. The molecule has 0 fully saturated rings. The predicted octanol–water partition coefficient (Wildman–Crippen LogP) is 2.42. The Kier molecular flexibility index (Phi) is 5.71. The molecule has 7 heteroatoms. The summed E-state index contributed by atoms with van der Waals surface area (Å²) in [6, 6.07) is 11.2. The third-order valence-electron chi connectivity index (χ3n) is 3.74. The number of carbonyl (C=O) groups excluding carboxylic acids is 2. The van der Waals surface area contributed by atoms with E-state index in [0.717, 1.165) is 11.1 Å². The van der Waals surface area contributed by atoms with Gasteiger partial charge in [0.1, 0.15) is 0 Å². The molecule has 0 aliphatic rings. The van der Waals surface area contributed by atoms with E-state index in [9.17, 15) is 18.0 Å². The maximum Gasteiger partial charge on any atom is 0.241 e. The van der Waals surface area contributed by atoms with Gasteiger partial charge in [0.2, 0.25) is 15.9 Å². The summed E-state index contributed by atoms with van der Waals surface area (Å²) in [6.07, 6.45) is 0. The van der Waals surface area contributed by atoms with Crippen molar-refractivity contribution in [3.8, 4) is 0 Å². The summed E-state index contributed by atoms with van der Waals surface area (Å²) in [6.45, 7) is 4.75. The van der Waals surface area contributed by atoms with Crippen molar-refractivity contribution in [1.29, 1.82) is 0 Å². The van der Waals surface area contributed by atoms with Gasteiger partial charge in [0.25, 0.3) is 0 Å². The first-order valence-corrected chi connectivity index (χ1v) is 9.16. The molecular weight excluding hydrogens is 340 g/mol. The van der Waals surface area contributed by atoms with Crippen LogP contribution in [-0.4, -0.2) is 26.7 Å². The van der Waals surface area contributed by atoms with E-state index in [1.165, 1.54) is 31.2 Å². The number of rotatable bonds is 6. The fraction of sp³-hybridized carbons (Fsp3) is 0.222. The van der Waals surface area contributed by atoms with Gasteiger partial charge in [-0.3, -0.25) is 9.59 Å². The van der Waals surface area contributed by atoms with Crippen LogP contribution in [0.25, 0.3) is 0 Å². The van der Waals surface area contributed by atoms with Crippen LogP contribution in [0.2, 0.25) is 0 Å². The number of para-hydroxylation sites is 1. The number of hydrogen-bond acceptors (Lipinski definition) is 4. The van der Waals surface area contributed by atoms with Crippen LogP contribution in [0.5, 0.6) is 0 Å². The highest BCUT2D eigenvalue weighted by molar-refractivity contribution is 7.89. The summed E-state index contributed by atoms with van der Waals surface area (Å²) < 4.78 is 26.7. The largest absolute Gasteiger partial charge is 0.324 e. The molecule has 0 atom stereocenters. The number of ketones is 1. The van der Waals surface area contributed by atoms with E-state index < -0.39 is 15.9 Å². The lowest BCUT2D eigenvalue weighted by atomic mass is 10.1. The molecule has 0 spiro atoms. The van der Waals surface area contributed by atoms with Gasteiger partial charge in [-0.2, -0.15) is 0 Å². The van der Waals surface area contributed by atoms with E-state index >= 15 is 0 Å². The van der Waals surface area contributed by atoms with Gasteiger partial charge in [0.05, 0.1) is 11.4 Å². The number of amides is 1. The van der Waals surface area contributed by atoms with Crippen LogP contribution in [0.3, 0.4) is 0 Å². The van der Waals surface area contributed by atoms with Crippen LogP contribution < -0.4 is 10.0 Å². The van der Waals surface area contributed by atoms with Crippen molar-refractivity contribution in [3.05, 3.63) is 59.2 Å². The normalized spacial score (nSPS) is 11.2. The summed E-state index contributed by atoms with van der Waals surface area (Å²) in [5.74, 6) is -0.605. The van der Waals surface area contributed by atoms with Crippen molar-refractivity contribution in [2.45, 2.75) is 25.7 Å². The molecule has 2 aromatic rings. The SMILES string of the molecule is CC(=O)c1ccc(S(=O)(=O)NCC(=O)Nc2c(C)cccc2C)cc1. The molecule has 1 amide bonds. The molecular formula is C18H20N2O4S. The van der Waals surface area contributed by atoms with E-state index in [1.54, 1.807) is 0 Å². The Hall–Kier alpha value is -2.51. The lowest BCUT2D eigenvalue weighted by Gasteiger charge is -2.12. The average Bonchev–Trinajstić information content (AvgIpc) is 2.56. The Morgan fingerprint density at radius 2 is 1.52 bits per heavy atom. The van der Waals surface area contributed by atoms with Gasteiger partial charge in [0, 0.05) is 11.3 Å². The van der Waals surface area contributed by atoms with E-state index in [4.69, 9.17) is 0 Å². The molecule has 2 rings (SSSR count). The van der Waals surface area contributed by atoms with Crippen molar-refractivity contribution >= 4 is 27.4 Å². The van der Waals surface area contributed by atoms with Gasteiger partial charge < -0.3 is 5.32 Å². The van der Waals surface area contributed by atoms with Crippen molar-refractivity contribution in [2.24, 2.45) is 0 Å². The molecule has 2 aromatic carbocycles. The summed E-state index contributed by atoms with van der Waals surface area (Å²) in [5, 5.41) is 2.72. The Balaban J connectivity index is 2.04. The van der Waals surface area contributed by atoms with E-state index in [2.05, 4.69) is 10.0 Å². The first-order chi connectivity index (χ1) is 11.7. The predicted molar refractivity (Wildman–Crippen MR) is 96.2 cm³/mol. The average molecular weight is 360 g/mol. The second kappa shape index (κ2) is 7.58. The number of sulfonamides is 1. The number of carbonyl (C=O) groups is 2. The topological polar surface area (TPSA) is 92.3 Å². The number of hydrogen-bond donors (Lipinski definition) is 2. The number of benzene rings is 2. The second-order valence-electron chi connectivity index (χ2n) is 5.72. The standard InChI is InChI=1S/C18H20N2O4S/c1-12-5-4-6-13(2)18(12)20-17(22)11-19-25(23,24)16-9-7-15(8-10-16)14(3)21/h4-10,19H,11H2,1-3H3,(H,20,22). The summed E-state index contributed by atoms with van der Waals surface area (Å²) >= 11 is 0. The molecule has 0 unspecified atom stereocenters. The van der Waals surface area contributed by atoms with Gasteiger partial charge in [-0.15, -0.1) is 0 Å². The smallest absolute Gasteiger partial charge is 0.241 e. The monoisotopic (exact) mass is 360 g/mol. The molecule has 25 heavy (non-hydrogen) atoms. The van der Waals surface area contributed by atoms with Gasteiger partial charge in [-0.1, -0.05) is 30.3 Å². The highest BCUT2D eigenvalue weighted by atomic mass is 32.2. The van der Waals surface area contributed by atoms with Crippen LogP contribution in [0.4, 0.5) is 5.69 Å². The molecule has 0 bridgehead atoms. The lowest BCUT2D eigenvalue weighted by molar-refractivity contribution is -0.115. The minimum atomic E-state index is -3.83. The van der Waals surface area contributed by atoms with Crippen LogP contribution >= 0.6 is 0 Å². The molecule has 0 heterocycles. The molecule has 132 valence electrons. The highest BCUT2D eigenvalue weighted by Gasteiger charge is 2.16. The van der Waals surface area contributed by atoms with E-state index in [-0.39, 0.29) is 17.2 Å². The van der Waals surface area contributed by atoms with Crippen LogP contribution in [-0.2, 0) is 14.8 Å². The van der Waals surface area contributed by atoms with E-state index in [1.807, 2.05) is 32.0 Å². The number of aryl methyl sites for hydroxylation is 2. The molecule has 0 aromatic heterocycles. The molecule has 0 radical (unpaired) electrons. The fourth-order valence-corrected chi connectivity index (χ4v) is 3.29. The van der Waals surface area contributed by atoms with E-state index in [0.29, 0.717) is 11.3 Å². The lowest BCUT2D eigenvalue weighted by Crippen LogP contribution is -2.33. The molecule has 0 aliphatic heterocycles. The minimum absolute atomic E-state index is 0.00243. The Bertz CT molecular complexity index is 883. The van der Waals surface area contributed by atoms with Crippen LogP contribution in [0.15, 0.2) is 47.4 Å². The van der Waals surface area contributed by atoms with Gasteiger partial charge >= 0.3 is 0 Å². The molecule has 6 nitrogen and oxygen atoms in total. The van der Waals surface area contributed by atoms with Crippen molar-refractivity contribution < 1.29 is 18.0 Å². The van der Waals surface area contributed by atoms with Gasteiger partial charge in [-0.05, 0) is 44.0 Å². The van der Waals surface area contributed by atoms with Gasteiger partial charge in [0.15, 0.2) is 5.78 Å². The summed E-state index contributed by atoms with van der Waals surface area (Å²) in [5.41, 5.74) is 2.90. The number of nitrogens with one attached hydrogen (secondary N) is 2. The number of Topliss-reactive ketones (excluding diaryl/α,β-unsaturated/α-hetero) is 1. The highest BCUT2D eigenvalue weighted by Crippen LogP contribution is 2.19. The third-order valence-corrected chi connectivity index (χ3v) is 5.16. The molecule has 0 saturated carbocycles. The van der Waals surface area contributed by atoms with Crippen molar-refractivity contribution in [1.82, 2.24) is 4.72 Å². The Morgan fingerprint density at radius 3 is 2.04 bits per heavy atom. The van der Waals surface area contributed by atoms with Gasteiger partial charge in [-0.25, -0.2) is 13.1 Å². The van der Waals surface area contributed by atoms with Crippen molar-refractivity contribution in [3.63, 3.8) is 0 Å². The van der Waals surface area contributed by atoms with Crippen LogP contribution in [0, 0.1) is 13.8 Å². The zero-order valence-corrected chi connectivity index (χ0v) is 15.1. The molecule has 2 N–H and O–H groups in total. The summed E-state index contributed by atoms with van der Waals surface area (Å²) in [7, 11) is -3.83. The minimum Gasteiger partial charge on any atom is -0.324 e. The Morgan fingerprint density at radius 1 is 0.960 bits per heavy atom. The zero-order chi connectivity index (χ0) is 18.6. The first-order valence-electron chi connectivity index (χ1n) is 7.67. The maximum atomic E-state index is 12.2. The fourth-order valence-electron chi connectivity index (χ4n) is 2.31. The number of anilines is 1. The second-order valence-corrected chi connectivity index (χ2v) is 7.49. The van der Waals surface area contributed by atoms with Crippen molar-refractivity contribution in [2.75, 3.05) is 11.9 Å². The first kappa shape index (κ1) is 18.8.